The van der Waals surface area contributed by atoms with Gasteiger partial charge in [-0.1, -0.05) is 0 Å². The van der Waals surface area contributed by atoms with Crippen LogP contribution >= 0.6 is 8.35 Å². The Kier molecular flexibility index (Phi) is 0.887. The first-order valence-electron chi connectivity index (χ1n) is 1.72. The molecule has 0 aliphatic rings. The molecule has 1 heterocycles. The van der Waals surface area contributed by atoms with Crippen molar-refractivity contribution in [3.63, 3.8) is 0 Å². The van der Waals surface area contributed by atoms with Gasteiger partial charge < -0.3 is 0 Å². The van der Waals surface area contributed by atoms with Crippen molar-refractivity contribution in [2.45, 2.75) is 6.92 Å². The molecule has 1 rings (SSSR count). The van der Waals surface area contributed by atoms with Crippen LogP contribution < -0.4 is 0 Å². The lowest BCUT2D eigenvalue weighted by molar-refractivity contribution is 1.17. The van der Waals surface area contributed by atoms with E-state index in [-0.39, 0.29) is 0 Å². The minimum absolute atomic E-state index is 0.585. The van der Waals surface area contributed by atoms with E-state index in [1.54, 1.807) is 0 Å². The van der Waals surface area contributed by atoms with E-state index < -0.39 is 0 Å². The van der Waals surface area contributed by atoms with Crippen LogP contribution in [0.2, 0.25) is 0 Å². The van der Waals surface area contributed by atoms with Gasteiger partial charge in [0.15, 0.2) is 0 Å². The van der Waals surface area contributed by atoms with Gasteiger partial charge >= 0.3 is 0 Å². The van der Waals surface area contributed by atoms with Crippen molar-refractivity contribution in [1.82, 2.24) is 9.73 Å². The van der Waals surface area contributed by atoms with Gasteiger partial charge in [-0.25, -0.2) is 9.73 Å². The molecular weight excluding hydrogens is 95.0 g/mol. The van der Waals surface area contributed by atoms with Gasteiger partial charge in [0.25, 0.3) is 0 Å². The monoisotopic (exact) mass is 100 g/mol. The summed E-state index contributed by atoms with van der Waals surface area (Å²) in [6.07, 6.45) is 0. The second-order valence-corrected chi connectivity index (χ2v) is 1.79. The van der Waals surface area contributed by atoms with Crippen molar-refractivity contribution in [2.24, 2.45) is 0 Å². The fourth-order valence-corrected chi connectivity index (χ4v) is 0.820. The number of aryl methyl sites for hydroxylation is 1. The summed E-state index contributed by atoms with van der Waals surface area (Å²) in [6, 6.07) is 0. The number of nitrogens with zero attached hydrogens (tertiary/aromatic N) is 2. The molecule has 1 atom stereocenters. The van der Waals surface area contributed by atoms with Crippen LogP contribution in [0, 0.1) is 6.92 Å². The maximum absolute atomic E-state index is 3.96. The van der Waals surface area contributed by atoms with Gasteiger partial charge in [-0.05, 0) is 15.3 Å². The molecule has 6 heavy (non-hydrogen) atoms. The summed E-state index contributed by atoms with van der Waals surface area (Å²) in [5, 5.41) is 0. The molecule has 0 aliphatic carbocycles. The zero-order valence-corrected chi connectivity index (χ0v) is 4.47. The van der Waals surface area contributed by atoms with Crippen LogP contribution in [0.1, 0.15) is 5.82 Å². The molecule has 1 aromatic heterocycles. The van der Waals surface area contributed by atoms with Crippen LogP contribution in [0.3, 0.4) is 0 Å². The van der Waals surface area contributed by atoms with E-state index >= 15 is 0 Å². The standard InChI is InChI=1S/C3H5N2P/c1-3-4-2-6-5-3/h2,6H,1H3. The molecule has 0 bridgehead atoms. The van der Waals surface area contributed by atoms with E-state index in [0.29, 0.717) is 8.35 Å². The van der Waals surface area contributed by atoms with E-state index in [1.807, 2.05) is 12.9 Å². The molecule has 0 fully saturated rings. The average molecular weight is 100 g/mol. The minimum Gasteiger partial charge on any atom is -0.236 e. The van der Waals surface area contributed by atoms with Gasteiger partial charge in [-0.3, -0.25) is 0 Å². The van der Waals surface area contributed by atoms with Crippen molar-refractivity contribution in [1.29, 1.82) is 0 Å². The molecule has 3 heteroatoms. The third-order valence-corrected chi connectivity index (χ3v) is 1.23. The van der Waals surface area contributed by atoms with E-state index in [1.165, 1.54) is 0 Å². The predicted octanol–water partition coefficient (Wildman–Crippen LogP) is 0.816. The Morgan fingerprint density at radius 3 is 2.83 bits per heavy atom. The number of rotatable bonds is 0. The summed E-state index contributed by atoms with van der Waals surface area (Å²) in [6.45, 7) is 1.90. The van der Waals surface area contributed by atoms with Gasteiger partial charge in [-0.15, -0.1) is 0 Å². The summed E-state index contributed by atoms with van der Waals surface area (Å²) in [5.41, 5.74) is 0. The highest BCUT2D eigenvalue weighted by atomic mass is 31.0. The average Bonchev–Trinajstić information content (AvgIpc) is 1.86. The quantitative estimate of drug-likeness (QED) is 0.482. The lowest BCUT2D eigenvalue weighted by Crippen LogP contribution is -1.65. The summed E-state index contributed by atoms with van der Waals surface area (Å²) in [5.74, 6) is 2.74. The molecule has 0 amide bonds. The molecule has 0 aliphatic heterocycles. The SMILES string of the molecule is Cc1nc[pH]n1. The smallest absolute Gasteiger partial charge is 0.129 e. The van der Waals surface area contributed by atoms with Gasteiger partial charge in [0.2, 0.25) is 0 Å². The maximum atomic E-state index is 3.96. The largest absolute Gasteiger partial charge is 0.236 e. The summed E-state index contributed by atoms with van der Waals surface area (Å²) >= 11 is 0. The molecule has 0 N–H and O–H groups in total. The van der Waals surface area contributed by atoms with Crippen LogP contribution in [-0.4, -0.2) is 9.73 Å². The lowest BCUT2D eigenvalue weighted by Gasteiger charge is -1.64. The first-order chi connectivity index (χ1) is 2.89. The molecule has 0 saturated carbocycles. The second kappa shape index (κ2) is 1.39. The van der Waals surface area contributed by atoms with Gasteiger partial charge in [0, 0.05) is 0 Å². The molecule has 0 aromatic carbocycles. The summed E-state index contributed by atoms with van der Waals surface area (Å²) in [7, 11) is 0.585. The Morgan fingerprint density at radius 2 is 2.67 bits per heavy atom. The third kappa shape index (κ3) is 0.575. The summed E-state index contributed by atoms with van der Waals surface area (Å²) < 4.78 is 3.96. The van der Waals surface area contributed by atoms with Crippen molar-refractivity contribution < 1.29 is 0 Å². The van der Waals surface area contributed by atoms with Crippen molar-refractivity contribution in [2.75, 3.05) is 0 Å². The molecule has 1 unspecified atom stereocenters. The van der Waals surface area contributed by atoms with Crippen molar-refractivity contribution in [3.8, 4) is 0 Å². The Labute approximate surface area is 37.8 Å². The number of hydrogen-bond donors (Lipinski definition) is 0. The van der Waals surface area contributed by atoms with Crippen LogP contribution in [0.15, 0.2) is 5.93 Å². The highest BCUT2D eigenvalue weighted by molar-refractivity contribution is 7.24. The Morgan fingerprint density at radius 1 is 1.83 bits per heavy atom. The van der Waals surface area contributed by atoms with E-state index in [0.717, 1.165) is 5.82 Å². The third-order valence-electron chi connectivity index (χ3n) is 0.535. The zero-order chi connectivity index (χ0) is 4.41. The van der Waals surface area contributed by atoms with Gasteiger partial charge in [-0.2, -0.15) is 0 Å². The Hall–Kier alpha value is -0.360. The second-order valence-electron chi connectivity index (χ2n) is 1.05. The van der Waals surface area contributed by atoms with Crippen LogP contribution in [0.25, 0.3) is 0 Å². The zero-order valence-electron chi connectivity index (χ0n) is 3.47. The minimum atomic E-state index is 0.585. The van der Waals surface area contributed by atoms with Crippen LogP contribution in [0.5, 0.6) is 0 Å². The first-order valence-corrected chi connectivity index (χ1v) is 2.74. The Bertz CT molecular complexity index is 112. The van der Waals surface area contributed by atoms with E-state index in [9.17, 15) is 0 Å². The highest BCUT2D eigenvalue weighted by Crippen LogP contribution is 1.94. The number of hydrogen-bond acceptors (Lipinski definition) is 2. The summed E-state index contributed by atoms with van der Waals surface area (Å²) in [4.78, 5) is 3.87. The Balaban J connectivity index is 3.05. The predicted molar refractivity (Wildman–Crippen MR) is 26.3 cm³/mol. The lowest BCUT2D eigenvalue weighted by atomic mass is 10.8. The van der Waals surface area contributed by atoms with Gasteiger partial charge in [0.05, 0.1) is 5.93 Å². The van der Waals surface area contributed by atoms with Crippen molar-refractivity contribution >= 4 is 8.35 Å². The molecule has 2 nitrogen and oxygen atoms in total. The van der Waals surface area contributed by atoms with Crippen molar-refractivity contribution in [3.05, 3.63) is 11.8 Å². The molecule has 1 aromatic rings. The van der Waals surface area contributed by atoms with Gasteiger partial charge in [0.1, 0.15) is 5.82 Å². The van der Waals surface area contributed by atoms with Crippen LogP contribution in [0.4, 0.5) is 0 Å². The fraction of sp³-hybridized carbons (Fsp3) is 0.333. The first kappa shape index (κ1) is 3.82. The molecule has 32 valence electrons. The maximum Gasteiger partial charge on any atom is 0.129 e. The van der Waals surface area contributed by atoms with Crippen LogP contribution in [-0.2, 0) is 0 Å². The van der Waals surface area contributed by atoms with E-state index in [4.69, 9.17) is 0 Å². The fourth-order valence-electron chi connectivity index (χ4n) is 0.273. The molecule has 0 radical (unpaired) electrons. The molecule has 0 spiro atoms. The molecule has 0 saturated heterocycles. The van der Waals surface area contributed by atoms with E-state index in [2.05, 4.69) is 9.73 Å². The molecular formula is C3H5N2P. The topological polar surface area (TPSA) is 25.8 Å². The normalized spacial score (nSPS) is 10.2. The number of aromatic nitrogens is 2. The highest BCUT2D eigenvalue weighted by Gasteiger charge is 1.76.